The first-order chi connectivity index (χ1) is 13.3. The number of hydrogen-bond donors (Lipinski definition) is 0. The lowest BCUT2D eigenvalue weighted by molar-refractivity contribution is 0.532. The molecule has 0 amide bonds. The molecular weight excluding hydrogens is 378 g/mol. The number of hydrogen-bond acceptors (Lipinski definition) is 3. The Balaban J connectivity index is 2.02. The Morgan fingerprint density at radius 3 is 2.68 bits per heavy atom. The van der Waals surface area contributed by atoms with Gasteiger partial charge in [-0.1, -0.05) is 30.7 Å². The summed E-state index contributed by atoms with van der Waals surface area (Å²) >= 11 is 6.05. The molecular formula is C20H22ClN5O2. The molecule has 0 fully saturated rings. The van der Waals surface area contributed by atoms with Crippen molar-refractivity contribution in [2.24, 2.45) is 7.05 Å². The highest BCUT2D eigenvalue weighted by Crippen LogP contribution is 2.22. The molecule has 8 heteroatoms. The van der Waals surface area contributed by atoms with Crippen molar-refractivity contribution in [3.63, 3.8) is 0 Å². The van der Waals surface area contributed by atoms with Crippen LogP contribution in [0.5, 0.6) is 0 Å². The van der Waals surface area contributed by atoms with Crippen molar-refractivity contribution in [2.75, 3.05) is 0 Å². The highest BCUT2D eigenvalue weighted by Gasteiger charge is 2.21. The summed E-state index contributed by atoms with van der Waals surface area (Å²) in [7, 11) is 1.64. The minimum absolute atomic E-state index is 0.153. The van der Waals surface area contributed by atoms with E-state index in [9.17, 15) is 9.59 Å². The van der Waals surface area contributed by atoms with Gasteiger partial charge in [0.2, 0.25) is 5.78 Å². The molecule has 1 aromatic carbocycles. The van der Waals surface area contributed by atoms with Crippen LogP contribution in [-0.2, 0) is 13.6 Å². The first-order valence-electron chi connectivity index (χ1n) is 9.27. The summed E-state index contributed by atoms with van der Waals surface area (Å²) in [4.78, 5) is 30.8. The average molecular weight is 400 g/mol. The largest absolute Gasteiger partial charge is 0.332 e. The number of aromatic nitrogens is 5. The van der Waals surface area contributed by atoms with Crippen molar-refractivity contribution in [1.82, 2.24) is 23.1 Å². The predicted octanol–water partition coefficient (Wildman–Crippen LogP) is 3.13. The molecule has 4 aromatic rings. The van der Waals surface area contributed by atoms with Crippen LogP contribution in [0.2, 0.25) is 5.02 Å². The number of rotatable bonds is 4. The molecule has 0 N–H and O–H groups in total. The number of benzene rings is 1. The average Bonchev–Trinajstić information content (AvgIpc) is 3.17. The van der Waals surface area contributed by atoms with E-state index in [0.29, 0.717) is 22.0 Å². The van der Waals surface area contributed by atoms with Gasteiger partial charge in [0.05, 0.1) is 6.54 Å². The number of aryl methyl sites for hydroxylation is 2. The predicted molar refractivity (Wildman–Crippen MR) is 110 cm³/mol. The van der Waals surface area contributed by atoms with Crippen LogP contribution < -0.4 is 11.2 Å². The van der Waals surface area contributed by atoms with Crippen molar-refractivity contribution >= 4 is 28.5 Å². The molecule has 0 aliphatic rings. The van der Waals surface area contributed by atoms with Crippen molar-refractivity contribution < 1.29 is 0 Å². The van der Waals surface area contributed by atoms with Gasteiger partial charge in [-0.05, 0) is 38.0 Å². The van der Waals surface area contributed by atoms with Crippen LogP contribution in [0.3, 0.4) is 0 Å². The molecule has 0 radical (unpaired) electrons. The van der Waals surface area contributed by atoms with E-state index in [2.05, 4.69) is 23.4 Å². The van der Waals surface area contributed by atoms with E-state index < -0.39 is 5.69 Å². The third-order valence-corrected chi connectivity index (χ3v) is 5.57. The molecule has 0 aliphatic carbocycles. The molecule has 0 spiro atoms. The van der Waals surface area contributed by atoms with Gasteiger partial charge < -0.3 is 4.57 Å². The van der Waals surface area contributed by atoms with E-state index in [1.165, 1.54) is 9.13 Å². The van der Waals surface area contributed by atoms with Crippen LogP contribution in [0.15, 0.2) is 40.1 Å². The number of imidazole rings is 2. The lowest BCUT2D eigenvalue weighted by Gasteiger charge is -2.12. The maximum absolute atomic E-state index is 13.3. The fraction of sp³-hybridized carbons (Fsp3) is 0.350. The summed E-state index contributed by atoms with van der Waals surface area (Å²) in [5, 5.41) is 0.566. The van der Waals surface area contributed by atoms with Crippen molar-refractivity contribution in [1.29, 1.82) is 0 Å². The molecule has 4 rings (SSSR count). The minimum Gasteiger partial charge on any atom is -0.311 e. The molecule has 3 aromatic heterocycles. The van der Waals surface area contributed by atoms with E-state index in [4.69, 9.17) is 11.6 Å². The molecule has 3 heterocycles. The lowest BCUT2D eigenvalue weighted by atomic mass is 10.2. The SMILES string of the molecule is CC[C@H](C)n1c(C)cn2c3c(=O)n(Cc4cccc(Cl)c4)c(=O)n(C)c3nc12. The van der Waals surface area contributed by atoms with Crippen molar-refractivity contribution in [3.05, 3.63) is 67.6 Å². The van der Waals surface area contributed by atoms with Crippen LogP contribution >= 0.6 is 11.6 Å². The van der Waals surface area contributed by atoms with E-state index in [-0.39, 0.29) is 18.1 Å². The standard InChI is InChI=1S/C20H22ClN5O2/c1-5-12(2)26-13(3)10-24-16-17(22-19(24)26)23(4)20(28)25(18(16)27)11-14-7-6-8-15(21)9-14/h6-10,12H,5,11H2,1-4H3/t12-/m0/s1. The monoisotopic (exact) mass is 399 g/mol. The van der Waals surface area contributed by atoms with Gasteiger partial charge in [0.1, 0.15) is 0 Å². The molecule has 0 saturated carbocycles. The molecule has 7 nitrogen and oxygen atoms in total. The third kappa shape index (κ3) is 2.69. The summed E-state index contributed by atoms with van der Waals surface area (Å²) in [6.07, 6.45) is 2.85. The molecule has 0 unspecified atom stereocenters. The van der Waals surface area contributed by atoms with Gasteiger partial charge in [0.15, 0.2) is 11.2 Å². The quantitative estimate of drug-likeness (QED) is 0.529. The number of nitrogens with zero attached hydrogens (tertiary/aromatic N) is 5. The summed E-state index contributed by atoms with van der Waals surface area (Å²) in [6, 6.07) is 7.40. The Kier molecular flexibility index (Phi) is 4.42. The molecule has 28 heavy (non-hydrogen) atoms. The van der Waals surface area contributed by atoms with Gasteiger partial charge in [-0.25, -0.2) is 4.79 Å². The maximum atomic E-state index is 13.3. The fourth-order valence-corrected chi connectivity index (χ4v) is 3.92. The normalized spacial score (nSPS) is 12.9. The van der Waals surface area contributed by atoms with Gasteiger partial charge in [-0.2, -0.15) is 4.98 Å². The summed E-state index contributed by atoms with van der Waals surface area (Å²) in [6.45, 7) is 6.37. The zero-order valence-electron chi connectivity index (χ0n) is 16.3. The Labute approximate surface area is 166 Å². The smallest absolute Gasteiger partial charge is 0.311 e. The van der Waals surface area contributed by atoms with Crippen LogP contribution in [-0.4, -0.2) is 23.1 Å². The Bertz CT molecular complexity index is 1320. The number of halogens is 1. The van der Waals surface area contributed by atoms with Gasteiger partial charge in [0, 0.05) is 30.0 Å². The van der Waals surface area contributed by atoms with Crippen LogP contribution in [0.1, 0.15) is 37.6 Å². The third-order valence-electron chi connectivity index (χ3n) is 5.33. The van der Waals surface area contributed by atoms with Gasteiger partial charge in [-0.15, -0.1) is 0 Å². The summed E-state index contributed by atoms with van der Waals surface area (Å²) in [5.74, 6) is 0.675. The molecule has 0 saturated heterocycles. The number of fused-ring (bicyclic) bond motifs is 3. The second-order valence-corrected chi connectivity index (χ2v) is 7.65. The topological polar surface area (TPSA) is 66.2 Å². The minimum atomic E-state index is -0.398. The summed E-state index contributed by atoms with van der Waals surface area (Å²) < 4.78 is 6.57. The molecule has 1 atom stereocenters. The van der Waals surface area contributed by atoms with E-state index in [1.54, 1.807) is 29.6 Å². The molecule has 146 valence electrons. The van der Waals surface area contributed by atoms with Crippen LogP contribution in [0, 0.1) is 6.92 Å². The van der Waals surface area contributed by atoms with E-state index in [0.717, 1.165) is 17.7 Å². The van der Waals surface area contributed by atoms with Gasteiger partial charge in [0.25, 0.3) is 5.56 Å². The Morgan fingerprint density at radius 2 is 2.00 bits per heavy atom. The Morgan fingerprint density at radius 1 is 1.25 bits per heavy atom. The second kappa shape index (κ2) is 6.67. The first kappa shape index (κ1) is 18.6. The highest BCUT2D eigenvalue weighted by molar-refractivity contribution is 6.30. The summed E-state index contributed by atoms with van der Waals surface area (Å²) in [5.41, 5.74) is 1.86. The Hall–Kier alpha value is -2.80. The fourth-order valence-electron chi connectivity index (χ4n) is 3.71. The van der Waals surface area contributed by atoms with Crippen LogP contribution in [0.25, 0.3) is 16.9 Å². The van der Waals surface area contributed by atoms with E-state index >= 15 is 0 Å². The van der Waals surface area contributed by atoms with Crippen LogP contribution in [0.4, 0.5) is 0 Å². The molecule has 0 bridgehead atoms. The van der Waals surface area contributed by atoms with E-state index in [1.807, 2.05) is 19.2 Å². The zero-order valence-corrected chi connectivity index (χ0v) is 17.1. The van der Waals surface area contributed by atoms with Crippen molar-refractivity contribution in [2.45, 2.75) is 39.8 Å². The maximum Gasteiger partial charge on any atom is 0.332 e. The second-order valence-electron chi connectivity index (χ2n) is 7.21. The lowest BCUT2D eigenvalue weighted by Crippen LogP contribution is -2.39. The van der Waals surface area contributed by atoms with Gasteiger partial charge >= 0.3 is 5.69 Å². The van der Waals surface area contributed by atoms with Crippen molar-refractivity contribution in [3.8, 4) is 0 Å². The first-order valence-corrected chi connectivity index (χ1v) is 9.65. The highest BCUT2D eigenvalue weighted by atomic mass is 35.5. The zero-order chi connectivity index (χ0) is 20.2. The molecule has 0 aliphatic heterocycles. The van der Waals surface area contributed by atoms with Gasteiger partial charge in [-0.3, -0.25) is 18.3 Å².